The molecule has 94 valence electrons. The van der Waals surface area contributed by atoms with Crippen molar-refractivity contribution in [2.75, 3.05) is 6.54 Å². The third-order valence-corrected chi connectivity index (χ3v) is 3.24. The van der Waals surface area contributed by atoms with Crippen molar-refractivity contribution in [2.45, 2.75) is 25.7 Å². The molecule has 1 aromatic rings. The quantitative estimate of drug-likeness (QED) is 0.888. The molecule has 1 aliphatic heterocycles. The highest BCUT2D eigenvalue weighted by atomic mass is 16.4. The highest BCUT2D eigenvalue weighted by Crippen LogP contribution is 2.43. The van der Waals surface area contributed by atoms with Crippen LogP contribution in [0.15, 0.2) is 22.2 Å². The summed E-state index contributed by atoms with van der Waals surface area (Å²) in [7, 11) is 0. The first-order valence-corrected chi connectivity index (χ1v) is 5.94. The fraction of sp³-hybridized carbons (Fsp3) is 0.385. The molecule has 0 atom stereocenters. The van der Waals surface area contributed by atoms with Crippen molar-refractivity contribution in [2.24, 2.45) is 5.10 Å². The Morgan fingerprint density at radius 1 is 1.67 bits per heavy atom. The Labute approximate surface area is 104 Å². The summed E-state index contributed by atoms with van der Waals surface area (Å²) >= 11 is 0. The first-order valence-electron chi connectivity index (χ1n) is 5.94. The zero-order valence-electron chi connectivity index (χ0n) is 10.1. The van der Waals surface area contributed by atoms with Crippen molar-refractivity contribution < 1.29 is 14.3 Å². The van der Waals surface area contributed by atoms with Crippen LogP contribution >= 0.6 is 0 Å². The van der Waals surface area contributed by atoms with E-state index in [1.165, 1.54) is 5.01 Å². The third kappa shape index (κ3) is 1.72. The minimum atomic E-state index is -0.929. The van der Waals surface area contributed by atoms with Crippen LogP contribution in [-0.2, 0) is 4.79 Å². The molecule has 2 heterocycles. The number of carboxylic acids is 1. The molecule has 18 heavy (non-hydrogen) atoms. The maximum Gasteiger partial charge on any atom is 0.325 e. The van der Waals surface area contributed by atoms with Gasteiger partial charge in [-0.05, 0) is 25.8 Å². The Kier molecular flexibility index (Phi) is 2.29. The predicted octanol–water partition coefficient (Wildman–Crippen LogP) is 2.25. The molecule has 0 aromatic carbocycles. The van der Waals surface area contributed by atoms with Crippen LogP contribution in [-0.4, -0.2) is 28.3 Å². The summed E-state index contributed by atoms with van der Waals surface area (Å²) in [6.07, 6.45) is 2.32. The Hall–Kier alpha value is -2.04. The second-order valence-electron chi connectivity index (χ2n) is 4.75. The molecule has 5 nitrogen and oxygen atoms in total. The van der Waals surface area contributed by atoms with Gasteiger partial charge >= 0.3 is 5.97 Å². The predicted molar refractivity (Wildman–Crippen MR) is 66.3 cm³/mol. The molecule has 1 fully saturated rings. The van der Waals surface area contributed by atoms with E-state index < -0.39 is 5.97 Å². The lowest BCUT2D eigenvalue weighted by atomic mass is 10.1. The number of hydrogen-bond donors (Lipinski definition) is 1. The third-order valence-electron chi connectivity index (χ3n) is 3.24. The SMILES string of the molecule is C=C1c2cc(C3CC3)oc2C(C)=NN1CC(=O)O. The van der Waals surface area contributed by atoms with E-state index in [0.717, 1.165) is 29.9 Å². The van der Waals surface area contributed by atoms with E-state index in [1.807, 2.05) is 13.0 Å². The molecule has 0 spiro atoms. The molecular weight excluding hydrogens is 232 g/mol. The van der Waals surface area contributed by atoms with Gasteiger partial charge in [0.05, 0.1) is 5.70 Å². The van der Waals surface area contributed by atoms with Gasteiger partial charge in [0.15, 0.2) is 5.76 Å². The Balaban J connectivity index is 1.97. The monoisotopic (exact) mass is 246 g/mol. The number of carboxylic acid groups (broad SMARTS) is 1. The molecule has 2 aliphatic rings. The highest BCUT2D eigenvalue weighted by molar-refractivity contribution is 6.02. The number of hydrazone groups is 1. The van der Waals surface area contributed by atoms with Gasteiger partial charge in [-0.2, -0.15) is 5.10 Å². The minimum absolute atomic E-state index is 0.181. The number of nitrogens with zero attached hydrogens (tertiary/aromatic N) is 2. The second-order valence-corrected chi connectivity index (χ2v) is 4.75. The molecule has 3 rings (SSSR count). The molecule has 0 unspecified atom stereocenters. The van der Waals surface area contributed by atoms with Crippen LogP contribution in [0.2, 0.25) is 0 Å². The lowest BCUT2D eigenvalue weighted by Crippen LogP contribution is -2.27. The topological polar surface area (TPSA) is 66.0 Å². The second kappa shape index (κ2) is 3.73. The maximum atomic E-state index is 10.8. The van der Waals surface area contributed by atoms with Gasteiger partial charge in [-0.3, -0.25) is 9.80 Å². The van der Waals surface area contributed by atoms with Gasteiger partial charge in [-0.1, -0.05) is 6.58 Å². The van der Waals surface area contributed by atoms with Crippen LogP contribution in [0.3, 0.4) is 0 Å². The number of aliphatic carboxylic acids is 1. The molecule has 0 radical (unpaired) electrons. The summed E-state index contributed by atoms with van der Waals surface area (Å²) in [5, 5.41) is 14.5. The average molecular weight is 246 g/mol. The first kappa shape index (κ1) is 11.1. The molecular formula is C13H14N2O3. The minimum Gasteiger partial charge on any atom is -0.480 e. The highest BCUT2D eigenvalue weighted by Gasteiger charge is 2.32. The zero-order chi connectivity index (χ0) is 12.9. The van der Waals surface area contributed by atoms with Crippen LogP contribution in [0.4, 0.5) is 0 Å². The summed E-state index contributed by atoms with van der Waals surface area (Å²) in [6.45, 7) is 5.55. The van der Waals surface area contributed by atoms with Crippen molar-refractivity contribution >= 4 is 17.4 Å². The van der Waals surface area contributed by atoms with Gasteiger partial charge in [0.25, 0.3) is 0 Å². The summed E-state index contributed by atoms with van der Waals surface area (Å²) in [4.78, 5) is 10.8. The van der Waals surface area contributed by atoms with E-state index in [0.29, 0.717) is 17.3 Å². The van der Waals surface area contributed by atoms with E-state index in [1.54, 1.807) is 0 Å². The molecule has 0 bridgehead atoms. The fourth-order valence-corrected chi connectivity index (χ4v) is 2.15. The van der Waals surface area contributed by atoms with Gasteiger partial charge in [-0.15, -0.1) is 0 Å². The first-order chi connectivity index (χ1) is 8.56. The summed E-state index contributed by atoms with van der Waals surface area (Å²) in [6, 6.07) is 1.97. The van der Waals surface area contributed by atoms with Gasteiger partial charge in [0.1, 0.15) is 18.0 Å². The molecule has 1 N–H and O–H groups in total. The van der Waals surface area contributed by atoms with E-state index in [2.05, 4.69) is 11.7 Å². The van der Waals surface area contributed by atoms with Gasteiger partial charge in [0.2, 0.25) is 0 Å². The van der Waals surface area contributed by atoms with Crippen molar-refractivity contribution in [1.82, 2.24) is 5.01 Å². The van der Waals surface area contributed by atoms with Crippen LogP contribution in [0, 0.1) is 0 Å². The Morgan fingerprint density at radius 3 is 3.00 bits per heavy atom. The number of furan rings is 1. The Bertz CT molecular complexity index is 567. The maximum absolute atomic E-state index is 10.8. The summed E-state index contributed by atoms with van der Waals surface area (Å²) < 4.78 is 5.80. The van der Waals surface area contributed by atoms with Crippen molar-refractivity contribution in [1.29, 1.82) is 0 Å². The molecule has 1 saturated carbocycles. The number of hydrogen-bond acceptors (Lipinski definition) is 4. The fourth-order valence-electron chi connectivity index (χ4n) is 2.15. The largest absolute Gasteiger partial charge is 0.480 e. The van der Waals surface area contributed by atoms with E-state index >= 15 is 0 Å². The van der Waals surface area contributed by atoms with Crippen molar-refractivity contribution in [3.63, 3.8) is 0 Å². The lowest BCUT2D eigenvalue weighted by molar-refractivity contribution is -0.137. The number of fused-ring (bicyclic) bond motifs is 1. The molecule has 0 amide bonds. The van der Waals surface area contributed by atoms with Crippen LogP contribution in [0.1, 0.15) is 42.8 Å². The lowest BCUT2D eigenvalue weighted by Gasteiger charge is -2.23. The molecule has 0 saturated heterocycles. The Morgan fingerprint density at radius 2 is 2.39 bits per heavy atom. The molecule has 1 aliphatic carbocycles. The van der Waals surface area contributed by atoms with Gasteiger partial charge < -0.3 is 9.52 Å². The normalized spacial score (nSPS) is 18.6. The van der Waals surface area contributed by atoms with Gasteiger partial charge in [0, 0.05) is 11.5 Å². The van der Waals surface area contributed by atoms with Crippen LogP contribution in [0.5, 0.6) is 0 Å². The van der Waals surface area contributed by atoms with Gasteiger partial charge in [-0.25, -0.2) is 0 Å². The zero-order valence-corrected chi connectivity index (χ0v) is 10.1. The summed E-state index contributed by atoms with van der Waals surface area (Å²) in [5.74, 6) is 1.28. The smallest absolute Gasteiger partial charge is 0.325 e. The van der Waals surface area contributed by atoms with Crippen molar-refractivity contribution in [3.05, 3.63) is 29.7 Å². The number of rotatable bonds is 3. The standard InChI is InChI=1S/C13H14N2O3/c1-7-13-10(5-11(18-13)9-3-4-9)8(2)15(14-7)6-12(16)17/h5,9H,2-4,6H2,1H3,(H,16,17). The van der Waals surface area contributed by atoms with Crippen LogP contribution < -0.4 is 0 Å². The van der Waals surface area contributed by atoms with E-state index in [4.69, 9.17) is 9.52 Å². The van der Waals surface area contributed by atoms with Crippen molar-refractivity contribution in [3.8, 4) is 0 Å². The average Bonchev–Trinajstić information content (AvgIpc) is 3.04. The van der Waals surface area contributed by atoms with E-state index in [9.17, 15) is 4.79 Å². The molecule has 5 heteroatoms. The molecule has 1 aromatic heterocycles. The number of carbonyl (C=O) groups is 1. The van der Waals surface area contributed by atoms with Crippen LogP contribution in [0.25, 0.3) is 5.70 Å². The summed E-state index contributed by atoms with van der Waals surface area (Å²) in [5.41, 5.74) is 2.16. The van der Waals surface area contributed by atoms with E-state index in [-0.39, 0.29) is 6.54 Å².